The van der Waals surface area contributed by atoms with Crippen molar-refractivity contribution < 1.29 is 0 Å². The van der Waals surface area contributed by atoms with Crippen LogP contribution in [0.15, 0.2) is 6.07 Å². The van der Waals surface area contributed by atoms with E-state index in [4.69, 9.17) is 5.73 Å². The van der Waals surface area contributed by atoms with Gasteiger partial charge in [0, 0.05) is 5.56 Å². The van der Waals surface area contributed by atoms with Crippen LogP contribution in [0, 0.1) is 6.92 Å². The minimum atomic E-state index is -0.0813. The number of nitrogens with two attached hydrogens (primary N) is 1. The van der Waals surface area contributed by atoms with Crippen LogP contribution in [0.5, 0.6) is 0 Å². The molecule has 0 aliphatic carbocycles. The topological polar surface area (TPSA) is 77.6 Å². The first kappa shape index (κ1) is 12.1. The van der Waals surface area contributed by atoms with E-state index in [0.29, 0.717) is 0 Å². The van der Waals surface area contributed by atoms with E-state index >= 15 is 0 Å². The van der Waals surface area contributed by atoms with Crippen LogP contribution in [-0.4, -0.2) is 20.4 Å². The van der Waals surface area contributed by atoms with Crippen LogP contribution in [0.25, 0.3) is 10.6 Å². The van der Waals surface area contributed by atoms with Gasteiger partial charge in [-0.2, -0.15) is 10.2 Å². The molecule has 0 radical (unpaired) electrons. The van der Waals surface area contributed by atoms with E-state index in [9.17, 15) is 0 Å². The van der Waals surface area contributed by atoms with Crippen molar-refractivity contribution in [3.63, 3.8) is 0 Å². The number of hydrogen-bond acceptors (Lipinski definition) is 6. The third-order valence-corrected chi connectivity index (χ3v) is 3.55. The maximum absolute atomic E-state index is 5.79. The Morgan fingerprint density at radius 3 is 2.65 bits per heavy atom. The predicted molar refractivity (Wildman–Crippen MR) is 67.7 cm³/mol. The molecule has 2 aromatic heterocycles. The van der Waals surface area contributed by atoms with Crippen molar-refractivity contribution in [2.45, 2.75) is 33.2 Å². The van der Waals surface area contributed by atoms with Gasteiger partial charge in [-0.25, -0.2) is 0 Å². The van der Waals surface area contributed by atoms with Gasteiger partial charge in [0.25, 0.3) is 0 Å². The maximum Gasteiger partial charge on any atom is 0.149 e. The zero-order valence-electron chi connectivity index (χ0n) is 10.1. The summed E-state index contributed by atoms with van der Waals surface area (Å²) in [7, 11) is 0. The van der Waals surface area contributed by atoms with Crippen LogP contribution in [0.2, 0.25) is 0 Å². The highest BCUT2D eigenvalue weighted by Gasteiger charge is 2.13. The number of aryl methyl sites for hydroxylation is 2. The van der Waals surface area contributed by atoms with E-state index in [1.807, 2.05) is 19.9 Å². The first-order valence-electron chi connectivity index (χ1n) is 5.54. The maximum atomic E-state index is 5.79. The van der Waals surface area contributed by atoms with Crippen LogP contribution in [0.3, 0.4) is 0 Å². The standard InChI is InChI=1S/C11H15N5S/c1-4-9-8(5-6(2)13-14-9)11-16-15-10(17-11)7(3)12/h5,7H,4,12H2,1-3H3. The summed E-state index contributed by atoms with van der Waals surface area (Å²) < 4.78 is 0. The highest BCUT2D eigenvalue weighted by atomic mass is 32.1. The summed E-state index contributed by atoms with van der Waals surface area (Å²) in [5.41, 5.74) is 8.63. The Kier molecular flexibility index (Phi) is 3.44. The van der Waals surface area contributed by atoms with Gasteiger partial charge < -0.3 is 5.73 Å². The summed E-state index contributed by atoms with van der Waals surface area (Å²) in [5.74, 6) is 0. The molecular formula is C11H15N5S. The van der Waals surface area contributed by atoms with Gasteiger partial charge in [0.05, 0.1) is 17.4 Å². The molecule has 0 aliphatic rings. The highest BCUT2D eigenvalue weighted by Crippen LogP contribution is 2.28. The average Bonchev–Trinajstić information content (AvgIpc) is 2.78. The molecule has 1 atom stereocenters. The molecule has 90 valence electrons. The molecule has 0 aromatic carbocycles. The Hall–Kier alpha value is -1.40. The van der Waals surface area contributed by atoms with Gasteiger partial charge in [-0.05, 0) is 26.3 Å². The molecule has 0 aliphatic heterocycles. The predicted octanol–water partition coefficient (Wildman–Crippen LogP) is 1.89. The second kappa shape index (κ2) is 4.85. The monoisotopic (exact) mass is 249 g/mol. The van der Waals surface area contributed by atoms with Crippen molar-refractivity contribution in [1.29, 1.82) is 0 Å². The van der Waals surface area contributed by atoms with Crippen molar-refractivity contribution in [1.82, 2.24) is 20.4 Å². The fraction of sp³-hybridized carbons (Fsp3) is 0.455. The number of hydrogen-bond donors (Lipinski definition) is 1. The third kappa shape index (κ3) is 2.48. The molecule has 0 bridgehead atoms. The van der Waals surface area contributed by atoms with Gasteiger partial charge >= 0.3 is 0 Å². The lowest BCUT2D eigenvalue weighted by atomic mass is 10.1. The Morgan fingerprint density at radius 2 is 2.06 bits per heavy atom. The van der Waals surface area contributed by atoms with Gasteiger partial charge in [-0.15, -0.1) is 10.2 Å². The molecule has 2 heterocycles. The molecule has 0 saturated carbocycles. The third-order valence-electron chi connectivity index (χ3n) is 2.39. The summed E-state index contributed by atoms with van der Waals surface area (Å²) in [6.45, 7) is 5.88. The lowest BCUT2D eigenvalue weighted by Crippen LogP contribution is -2.03. The van der Waals surface area contributed by atoms with Crippen molar-refractivity contribution in [3.8, 4) is 10.6 Å². The number of aromatic nitrogens is 4. The zero-order valence-corrected chi connectivity index (χ0v) is 11.0. The van der Waals surface area contributed by atoms with Gasteiger partial charge in [0.2, 0.25) is 0 Å². The number of nitrogens with zero attached hydrogens (tertiary/aromatic N) is 4. The lowest BCUT2D eigenvalue weighted by molar-refractivity contribution is 0.786. The van der Waals surface area contributed by atoms with Crippen LogP contribution in [-0.2, 0) is 6.42 Å². The fourth-order valence-electron chi connectivity index (χ4n) is 1.49. The second-order valence-electron chi connectivity index (χ2n) is 3.93. The molecule has 2 rings (SSSR count). The number of rotatable bonds is 3. The van der Waals surface area contributed by atoms with Gasteiger partial charge in [-0.1, -0.05) is 18.3 Å². The van der Waals surface area contributed by atoms with Crippen LogP contribution < -0.4 is 5.73 Å². The van der Waals surface area contributed by atoms with E-state index in [0.717, 1.165) is 33.4 Å². The first-order chi connectivity index (χ1) is 8.11. The smallest absolute Gasteiger partial charge is 0.149 e. The SMILES string of the molecule is CCc1nnc(C)cc1-c1nnc(C(C)N)s1. The molecular weight excluding hydrogens is 234 g/mol. The largest absolute Gasteiger partial charge is 0.322 e. The average molecular weight is 249 g/mol. The summed E-state index contributed by atoms with van der Waals surface area (Å²) in [6, 6.07) is 1.92. The van der Waals surface area contributed by atoms with E-state index in [1.165, 1.54) is 11.3 Å². The normalized spacial score (nSPS) is 12.7. The lowest BCUT2D eigenvalue weighted by Gasteiger charge is -2.03. The van der Waals surface area contributed by atoms with E-state index in [-0.39, 0.29) is 6.04 Å². The van der Waals surface area contributed by atoms with Crippen molar-refractivity contribution in [2.75, 3.05) is 0 Å². The second-order valence-corrected chi connectivity index (χ2v) is 4.94. The minimum absolute atomic E-state index is 0.0813. The molecule has 17 heavy (non-hydrogen) atoms. The van der Waals surface area contributed by atoms with Crippen LogP contribution in [0.4, 0.5) is 0 Å². The molecule has 0 spiro atoms. The molecule has 0 saturated heterocycles. The zero-order chi connectivity index (χ0) is 12.4. The summed E-state index contributed by atoms with van der Waals surface area (Å²) >= 11 is 1.52. The summed E-state index contributed by atoms with van der Waals surface area (Å²) in [5, 5.41) is 18.2. The Bertz CT molecular complexity index is 520. The summed E-state index contributed by atoms with van der Waals surface area (Å²) in [4.78, 5) is 0. The van der Waals surface area contributed by atoms with Crippen LogP contribution >= 0.6 is 11.3 Å². The van der Waals surface area contributed by atoms with Gasteiger partial charge in [0.1, 0.15) is 10.0 Å². The first-order valence-corrected chi connectivity index (χ1v) is 6.36. The minimum Gasteiger partial charge on any atom is -0.322 e. The molecule has 1 unspecified atom stereocenters. The van der Waals surface area contributed by atoms with Crippen molar-refractivity contribution in [2.24, 2.45) is 5.73 Å². The Balaban J connectivity index is 2.47. The van der Waals surface area contributed by atoms with E-state index < -0.39 is 0 Å². The summed E-state index contributed by atoms with van der Waals surface area (Å²) in [6.07, 6.45) is 0.829. The van der Waals surface area contributed by atoms with Gasteiger partial charge in [0.15, 0.2) is 0 Å². The van der Waals surface area contributed by atoms with Crippen LogP contribution in [0.1, 0.15) is 36.3 Å². The highest BCUT2D eigenvalue weighted by molar-refractivity contribution is 7.14. The molecule has 6 heteroatoms. The van der Waals surface area contributed by atoms with Crippen molar-refractivity contribution in [3.05, 3.63) is 22.5 Å². The van der Waals surface area contributed by atoms with E-state index in [1.54, 1.807) is 0 Å². The Labute approximate surface area is 104 Å². The van der Waals surface area contributed by atoms with E-state index in [2.05, 4.69) is 27.3 Å². The van der Waals surface area contributed by atoms with Gasteiger partial charge in [-0.3, -0.25) is 0 Å². The molecule has 0 fully saturated rings. The molecule has 2 N–H and O–H groups in total. The molecule has 0 amide bonds. The molecule has 2 aromatic rings. The fourth-order valence-corrected chi connectivity index (χ4v) is 2.32. The molecule has 5 nitrogen and oxygen atoms in total. The quantitative estimate of drug-likeness (QED) is 0.898. The Morgan fingerprint density at radius 1 is 1.29 bits per heavy atom. The van der Waals surface area contributed by atoms with Crippen molar-refractivity contribution >= 4 is 11.3 Å².